The predicted molar refractivity (Wildman–Crippen MR) is 144 cm³/mol. The highest BCUT2D eigenvalue weighted by atomic mass is 35.5. The Balaban J connectivity index is 1.31. The van der Waals surface area contributed by atoms with Crippen LogP contribution in [0.5, 0.6) is 23.0 Å². The molecule has 0 aliphatic heterocycles. The van der Waals surface area contributed by atoms with E-state index < -0.39 is 5.91 Å². The second-order valence-electron chi connectivity index (χ2n) is 7.80. The van der Waals surface area contributed by atoms with Crippen LogP contribution in [-0.2, 0) is 16.2 Å². The van der Waals surface area contributed by atoms with Crippen molar-refractivity contribution in [3.05, 3.63) is 113 Å². The molecule has 0 heterocycles. The van der Waals surface area contributed by atoms with Crippen molar-refractivity contribution in [1.29, 1.82) is 0 Å². The van der Waals surface area contributed by atoms with Gasteiger partial charge < -0.3 is 24.4 Å². The first-order valence-corrected chi connectivity index (χ1v) is 11.8. The zero-order valence-electron chi connectivity index (χ0n) is 20.1. The molecule has 37 heavy (non-hydrogen) atoms. The Morgan fingerprint density at radius 2 is 1.62 bits per heavy atom. The maximum absolute atomic E-state index is 12.4. The van der Waals surface area contributed by atoms with E-state index in [1.807, 2.05) is 66.7 Å². The van der Waals surface area contributed by atoms with Gasteiger partial charge in [-0.2, -0.15) is 0 Å². The summed E-state index contributed by atoms with van der Waals surface area (Å²) in [6.45, 7) is 0.122. The lowest BCUT2D eigenvalue weighted by molar-refractivity contribution is -0.120. The summed E-state index contributed by atoms with van der Waals surface area (Å²) in [5, 5.41) is 7.09. The van der Waals surface area contributed by atoms with E-state index >= 15 is 0 Å². The minimum Gasteiger partial charge on any atom is -0.493 e. The lowest BCUT2D eigenvalue weighted by Gasteiger charge is -2.12. The van der Waals surface area contributed by atoms with Crippen LogP contribution >= 0.6 is 11.6 Å². The van der Waals surface area contributed by atoms with Crippen LogP contribution in [-0.4, -0.2) is 25.8 Å². The molecule has 0 aromatic heterocycles. The molecule has 0 aliphatic rings. The number of oxime groups is 1. The number of hydrogen-bond donors (Lipinski definition) is 1. The summed E-state index contributed by atoms with van der Waals surface area (Å²) in [4.78, 5) is 17.6. The molecule has 0 bridgehead atoms. The lowest BCUT2D eigenvalue weighted by atomic mass is 10.2. The van der Waals surface area contributed by atoms with Gasteiger partial charge in [0.15, 0.2) is 23.9 Å². The lowest BCUT2D eigenvalue weighted by Crippen LogP contribution is -2.17. The molecule has 1 N–H and O–H groups in total. The third-order valence-electron chi connectivity index (χ3n) is 5.08. The first-order chi connectivity index (χ1) is 18.1. The fourth-order valence-electron chi connectivity index (χ4n) is 3.30. The van der Waals surface area contributed by atoms with Gasteiger partial charge in [-0.15, -0.1) is 0 Å². The molecule has 0 fully saturated rings. The van der Waals surface area contributed by atoms with E-state index in [0.717, 1.165) is 11.1 Å². The zero-order valence-corrected chi connectivity index (χ0v) is 20.9. The van der Waals surface area contributed by atoms with Gasteiger partial charge >= 0.3 is 0 Å². The van der Waals surface area contributed by atoms with Crippen molar-refractivity contribution in [1.82, 2.24) is 0 Å². The van der Waals surface area contributed by atoms with Gasteiger partial charge in [0, 0.05) is 10.6 Å². The summed E-state index contributed by atoms with van der Waals surface area (Å²) in [7, 11) is 1.57. The van der Waals surface area contributed by atoms with Crippen LogP contribution in [0.2, 0.25) is 5.02 Å². The van der Waals surface area contributed by atoms with Crippen molar-refractivity contribution in [3.8, 4) is 23.0 Å². The predicted octanol–water partition coefficient (Wildman–Crippen LogP) is 6.71. The van der Waals surface area contributed by atoms with E-state index in [1.165, 1.54) is 6.21 Å². The topological polar surface area (TPSA) is 78.4 Å². The summed E-state index contributed by atoms with van der Waals surface area (Å²) in [5.74, 6) is 1.84. The molecular formula is C29H25ClN2O5. The Hall–Kier alpha value is -4.49. The summed E-state index contributed by atoms with van der Waals surface area (Å²) >= 11 is 6.10. The molecule has 0 atom stereocenters. The van der Waals surface area contributed by atoms with Crippen LogP contribution < -0.4 is 19.5 Å². The second-order valence-corrected chi connectivity index (χ2v) is 8.23. The molecule has 188 valence electrons. The normalized spacial score (nSPS) is 10.6. The summed E-state index contributed by atoms with van der Waals surface area (Å²) in [5.41, 5.74) is 2.20. The minimum absolute atomic E-state index is 0.302. The number of para-hydroxylation sites is 1. The van der Waals surface area contributed by atoms with Crippen LogP contribution in [0, 0.1) is 0 Å². The van der Waals surface area contributed by atoms with Crippen molar-refractivity contribution in [2.24, 2.45) is 5.16 Å². The Bertz CT molecular complexity index is 1350. The molecule has 0 aliphatic carbocycles. The number of carbonyl (C=O) groups is 1. The molecule has 4 rings (SSSR count). The highest BCUT2D eigenvalue weighted by molar-refractivity contribution is 6.31. The standard InChI is InChI=1S/C29H25ClN2O5/c1-34-28-16-22(12-14-27(28)35-19-21-8-4-2-5-9-21)18-31-36-20-29(33)32-25-17-23(30)13-15-26(25)37-24-10-6-3-7-11-24/h2-18H,19-20H2,1H3,(H,32,33)/b31-18+. The van der Waals surface area contributed by atoms with Crippen molar-refractivity contribution >= 4 is 29.4 Å². The molecule has 0 radical (unpaired) electrons. The molecule has 4 aromatic rings. The monoisotopic (exact) mass is 516 g/mol. The number of nitrogens with one attached hydrogen (secondary N) is 1. The number of rotatable bonds is 11. The number of amides is 1. The van der Waals surface area contributed by atoms with Crippen molar-refractivity contribution in [3.63, 3.8) is 0 Å². The maximum atomic E-state index is 12.4. The highest BCUT2D eigenvalue weighted by Gasteiger charge is 2.11. The summed E-state index contributed by atoms with van der Waals surface area (Å²) in [6, 6.07) is 29.4. The number of halogens is 1. The molecule has 4 aromatic carbocycles. The van der Waals surface area contributed by atoms with Crippen molar-refractivity contribution < 1.29 is 23.8 Å². The van der Waals surface area contributed by atoms with Gasteiger partial charge in [-0.25, -0.2) is 0 Å². The van der Waals surface area contributed by atoms with Crippen LogP contribution in [0.15, 0.2) is 102 Å². The zero-order chi connectivity index (χ0) is 25.9. The van der Waals surface area contributed by atoms with Crippen LogP contribution in [0.3, 0.4) is 0 Å². The quantitative estimate of drug-likeness (QED) is 0.177. The molecule has 0 saturated heterocycles. The fraction of sp³-hybridized carbons (Fsp3) is 0.103. The SMILES string of the molecule is COc1cc(/C=N/OCC(=O)Nc2cc(Cl)ccc2Oc2ccccc2)ccc1OCc1ccccc1. The maximum Gasteiger partial charge on any atom is 0.265 e. The Morgan fingerprint density at radius 1 is 0.892 bits per heavy atom. The number of benzene rings is 4. The smallest absolute Gasteiger partial charge is 0.265 e. The van der Waals surface area contributed by atoms with Crippen molar-refractivity contribution in [2.75, 3.05) is 19.0 Å². The van der Waals surface area contributed by atoms with Crippen LogP contribution in [0.4, 0.5) is 5.69 Å². The average molecular weight is 517 g/mol. The van der Waals surface area contributed by atoms with E-state index in [4.69, 9.17) is 30.6 Å². The van der Waals surface area contributed by atoms with E-state index in [2.05, 4.69) is 10.5 Å². The van der Waals surface area contributed by atoms with E-state index in [0.29, 0.717) is 40.3 Å². The third-order valence-corrected chi connectivity index (χ3v) is 5.32. The van der Waals surface area contributed by atoms with Gasteiger partial charge in [-0.05, 0) is 54.1 Å². The summed E-state index contributed by atoms with van der Waals surface area (Å²) in [6.07, 6.45) is 1.49. The molecule has 0 spiro atoms. The van der Waals surface area contributed by atoms with Crippen molar-refractivity contribution in [2.45, 2.75) is 6.61 Å². The van der Waals surface area contributed by atoms with Gasteiger partial charge in [-0.3, -0.25) is 4.79 Å². The molecule has 0 saturated carbocycles. The van der Waals surface area contributed by atoms with Gasteiger partial charge in [0.1, 0.15) is 12.4 Å². The van der Waals surface area contributed by atoms with E-state index in [9.17, 15) is 4.79 Å². The molecule has 8 heteroatoms. The number of carbonyl (C=O) groups excluding carboxylic acids is 1. The molecule has 1 amide bonds. The first kappa shape index (κ1) is 25.6. The Kier molecular flexibility index (Phi) is 8.99. The minimum atomic E-state index is -0.417. The number of nitrogens with zero attached hydrogens (tertiary/aromatic N) is 1. The number of anilines is 1. The fourth-order valence-corrected chi connectivity index (χ4v) is 3.48. The number of hydrogen-bond acceptors (Lipinski definition) is 6. The Labute approximate surface area is 220 Å². The second kappa shape index (κ2) is 13.0. The Morgan fingerprint density at radius 3 is 2.38 bits per heavy atom. The van der Waals surface area contributed by atoms with Gasteiger partial charge in [0.25, 0.3) is 5.91 Å². The van der Waals surface area contributed by atoms with E-state index in [1.54, 1.807) is 37.4 Å². The van der Waals surface area contributed by atoms with Crippen LogP contribution in [0.1, 0.15) is 11.1 Å². The molecular weight excluding hydrogens is 492 g/mol. The molecule has 7 nitrogen and oxygen atoms in total. The first-order valence-electron chi connectivity index (χ1n) is 11.4. The highest BCUT2D eigenvalue weighted by Crippen LogP contribution is 2.32. The number of ether oxygens (including phenoxy) is 3. The summed E-state index contributed by atoms with van der Waals surface area (Å²) < 4.78 is 17.2. The molecule has 0 unspecified atom stereocenters. The number of methoxy groups -OCH3 is 1. The largest absolute Gasteiger partial charge is 0.493 e. The van der Waals surface area contributed by atoms with Gasteiger partial charge in [0.2, 0.25) is 0 Å². The van der Waals surface area contributed by atoms with Crippen LogP contribution in [0.25, 0.3) is 0 Å². The van der Waals surface area contributed by atoms with Gasteiger partial charge in [0.05, 0.1) is 19.0 Å². The third kappa shape index (κ3) is 7.75. The van der Waals surface area contributed by atoms with Gasteiger partial charge in [-0.1, -0.05) is 65.3 Å². The average Bonchev–Trinajstić information content (AvgIpc) is 2.93. The van der Waals surface area contributed by atoms with E-state index in [-0.39, 0.29) is 6.61 Å².